The van der Waals surface area contributed by atoms with Crippen molar-refractivity contribution < 1.29 is 4.79 Å². The second-order valence-corrected chi connectivity index (χ2v) is 5.63. The minimum absolute atomic E-state index is 0.166. The van der Waals surface area contributed by atoms with E-state index in [-0.39, 0.29) is 5.91 Å². The number of amides is 1. The first-order chi connectivity index (χ1) is 11.1. The molecule has 1 N–H and O–H groups in total. The van der Waals surface area contributed by atoms with Crippen LogP contribution in [0.4, 0.5) is 5.82 Å². The molecule has 0 atom stereocenters. The molecule has 7 heteroatoms. The molecule has 0 spiro atoms. The van der Waals surface area contributed by atoms with Crippen LogP contribution in [0.25, 0.3) is 5.69 Å². The lowest BCUT2D eigenvalue weighted by Gasteiger charge is -2.11. The zero-order valence-electron chi connectivity index (χ0n) is 13.0. The number of anilines is 1. The normalized spacial score (nSPS) is 10.9. The second-order valence-electron chi connectivity index (χ2n) is 5.63. The number of nitrogens with zero attached hydrogens (tertiary/aromatic N) is 5. The average molecular weight is 310 g/mol. The number of carbonyl (C=O) groups is 1. The maximum absolute atomic E-state index is 12.4. The van der Waals surface area contributed by atoms with Gasteiger partial charge in [0, 0.05) is 18.2 Å². The molecule has 0 aliphatic rings. The van der Waals surface area contributed by atoms with Gasteiger partial charge in [-0.15, -0.1) is 0 Å². The van der Waals surface area contributed by atoms with Gasteiger partial charge < -0.3 is 5.32 Å². The summed E-state index contributed by atoms with van der Waals surface area (Å²) in [5, 5.41) is 11.2. The van der Waals surface area contributed by atoms with Crippen LogP contribution in [0.3, 0.4) is 0 Å². The van der Waals surface area contributed by atoms with E-state index >= 15 is 0 Å². The van der Waals surface area contributed by atoms with E-state index in [1.54, 1.807) is 40.1 Å². The lowest BCUT2D eigenvalue weighted by Crippen LogP contribution is -2.17. The van der Waals surface area contributed by atoms with Gasteiger partial charge in [0.25, 0.3) is 5.91 Å². The lowest BCUT2D eigenvalue weighted by molar-refractivity contribution is 0.102. The number of rotatable bonds is 5. The standard InChI is InChI=1S/C16H18N6O/c1-12(2)9-21-15(7-8-18-21)20-16(23)13-3-5-14(6-4-13)22-11-17-10-19-22/h3-8,10-12H,9H2,1-2H3,(H,20,23). The molecule has 0 aliphatic heterocycles. The van der Waals surface area contributed by atoms with Crippen LogP contribution in [0.5, 0.6) is 0 Å². The molecule has 3 rings (SSSR count). The number of carbonyl (C=O) groups excluding carboxylic acids is 1. The van der Waals surface area contributed by atoms with Gasteiger partial charge in [0.1, 0.15) is 18.5 Å². The van der Waals surface area contributed by atoms with Crippen LogP contribution in [0, 0.1) is 5.92 Å². The van der Waals surface area contributed by atoms with Gasteiger partial charge in [0.05, 0.1) is 11.9 Å². The predicted octanol–water partition coefficient (Wildman–Crippen LogP) is 2.37. The van der Waals surface area contributed by atoms with Crippen LogP contribution < -0.4 is 5.32 Å². The Balaban J connectivity index is 1.72. The van der Waals surface area contributed by atoms with Crippen molar-refractivity contribution in [3.8, 4) is 5.69 Å². The molecule has 3 aromatic rings. The van der Waals surface area contributed by atoms with Gasteiger partial charge in [-0.1, -0.05) is 13.8 Å². The zero-order chi connectivity index (χ0) is 16.2. The van der Waals surface area contributed by atoms with Gasteiger partial charge in [-0.05, 0) is 30.2 Å². The van der Waals surface area contributed by atoms with E-state index in [0.29, 0.717) is 17.3 Å². The summed E-state index contributed by atoms with van der Waals surface area (Å²) in [6, 6.07) is 8.97. The number of nitrogens with one attached hydrogen (secondary N) is 1. The smallest absolute Gasteiger partial charge is 0.256 e. The highest BCUT2D eigenvalue weighted by atomic mass is 16.1. The second kappa shape index (κ2) is 6.43. The quantitative estimate of drug-likeness (QED) is 0.785. The average Bonchev–Trinajstić information content (AvgIpc) is 3.19. The number of aromatic nitrogens is 5. The first kappa shape index (κ1) is 15.0. The highest BCUT2D eigenvalue weighted by Gasteiger charge is 2.10. The van der Waals surface area contributed by atoms with Crippen LogP contribution >= 0.6 is 0 Å². The van der Waals surface area contributed by atoms with E-state index in [4.69, 9.17) is 0 Å². The van der Waals surface area contributed by atoms with Gasteiger partial charge in [-0.25, -0.2) is 14.3 Å². The topological polar surface area (TPSA) is 77.6 Å². The van der Waals surface area contributed by atoms with Gasteiger partial charge in [0.15, 0.2) is 0 Å². The molecule has 7 nitrogen and oxygen atoms in total. The highest BCUT2D eigenvalue weighted by Crippen LogP contribution is 2.13. The predicted molar refractivity (Wildman–Crippen MR) is 86.4 cm³/mol. The molecule has 2 heterocycles. The Morgan fingerprint density at radius 2 is 1.96 bits per heavy atom. The molecule has 0 radical (unpaired) electrons. The lowest BCUT2D eigenvalue weighted by atomic mass is 10.2. The Morgan fingerprint density at radius 1 is 1.17 bits per heavy atom. The monoisotopic (exact) mass is 310 g/mol. The summed E-state index contributed by atoms with van der Waals surface area (Å²) in [6.45, 7) is 4.97. The van der Waals surface area contributed by atoms with Crippen LogP contribution in [0.2, 0.25) is 0 Å². The molecular formula is C16H18N6O. The molecule has 1 aromatic carbocycles. The molecule has 0 aliphatic carbocycles. The van der Waals surface area contributed by atoms with Crippen LogP contribution in [-0.2, 0) is 6.54 Å². The molecule has 23 heavy (non-hydrogen) atoms. The molecule has 118 valence electrons. The van der Waals surface area contributed by atoms with Crippen molar-refractivity contribution in [1.29, 1.82) is 0 Å². The summed E-state index contributed by atoms with van der Waals surface area (Å²) in [7, 11) is 0. The summed E-state index contributed by atoms with van der Waals surface area (Å²) in [6.07, 6.45) is 4.77. The van der Waals surface area contributed by atoms with E-state index < -0.39 is 0 Å². The van der Waals surface area contributed by atoms with E-state index in [0.717, 1.165) is 12.2 Å². The Morgan fingerprint density at radius 3 is 2.61 bits per heavy atom. The Labute approximate surface area is 134 Å². The summed E-state index contributed by atoms with van der Waals surface area (Å²) < 4.78 is 3.44. The third kappa shape index (κ3) is 3.45. The summed E-state index contributed by atoms with van der Waals surface area (Å²) in [4.78, 5) is 16.3. The third-order valence-corrected chi connectivity index (χ3v) is 3.31. The summed E-state index contributed by atoms with van der Waals surface area (Å²) in [5.41, 5.74) is 1.43. The van der Waals surface area contributed by atoms with Gasteiger partial charge >= 0.3 is 0 Å². The number of hydrogen-bond acceptors (Lipinski definition) is 4. The molecular weight excluding hydrogens is 292 g/mol. The number of benzene rings is 1. The fourth-order valence-corrected chi connectivity index (χ4v) is 2.23. The van der Waals surface area contributed by atoms with Crippen molar-refractivity contribution in [2.45, 2.75) is 20.4 Å². The van der Waals surface area contributed by atoms with Crippen molar-refractivity contribution in [2.75, 3.05) is 5.32 Å². The molecule has 0 fully saturated rings. The minimum atomic E-state index is -0.166. The van der Waals surface area contributed by atoms with Crippen molar-refractivity contribution in [3.05, 3.63) is 54.7 Å². The van der Waals surface area contributed by atoms with Crippen LogP contribution in [-0.4, -0.2) is 30.5 Å². The van der Waals surface area contributed by atoms with Crippen LogP contribution in [0.1, 0.15) is 24.2 Å². The SMILES string of the molecule is CC(C)Cn1nccc1NC(=O)c1ccc(-n2cncn2)cc1. The summed E-state index contributed by atoms with van der Waals surface area (Å²) >= 11 is 0. The Hall–Kier alpha value is -2.96. The van der Waals surface area contributed by atoms with E-state index in [2.05, 4.69) is 34.3 Å². The van der Waals surface area contributed by atoms with Crippen molar-refractivity contribution in [3.63, 3.8) is 0 Å². The molecule has 0 saturated carbocycles. The van der Waals surface area contributed by atoms with Gasteiger partial charge in [-0.2, -0.15) is 10.2 Å². The fourth-order valence-electron chi connectivity index (χ4n) is 2.23. The molecule has 1 amide bonds. The first-order valence-electron chi connectivity index (χ1n) is 7.41. The van der Waals surface area contributed by atoms with E-state index in [1.807, 2.05) is 12.1 Å². The van der Waals surface area contributed by atoms with Crippen molar-refractivity contribution >= 4 is 11.7 Å². The van der Waals surface area contributed by atoms with Gasteiger partial charge in [0.2, 0.25) is 0 Å². The Kier molecular flexibility index (Phi) is 4.18. The van der Waals surface area contributed by atoms with E-state index in [9.17, 15) is 4.79 Å². The molecule has 2 aromatic heterocycles. The molecule has 0 bridgehead atoms. The first-order valence-corrected chi connectivity index (χ1v) is 7.41. The Bertz CT molecular complexity index is 773. The minimum Gasteiger partial charge on any atom is -0.307 e. The zero-order valence-corrected chi connectivity index (χ0v) is 13.0. The molecule has 0 unspecified atom stereocenters. The largest absolute Gasteiger partial charge is 0.307 e. The van der Waals surface area contributed by atoms with Gasteiger partial charge in [-0.3, -0.25) is 4.79 Å². The fraction of sp³-hybridized carbons (Fsp3) is 0.250. The highest BCUT2D eigenvalue weighted by molar-refractivity contribution is 6.03. The maximum Gasteiger partial charge on any atom is 0.256 e. The molecule has 0 saturated heterocycles. The van der Waals surface area contributed by atoms with Crippen molar-refractivity contribution in [1.82, 2.24) is 24.5 Å². The third-order valence-electron chi connectivity index (χ3n) is 3.31. The summed E-state index contributed by atoms with van der Waals surface area (Å²) in [5.74, 6) is 0.984. The van der Waals surface area contributed by atoms with Crippen molar-refractivity contribution in [2.24, 2.45) is 5.92 Å². The maximum atomic E-state index is 12.4. The van der Waals surface area contributed by atoms with Crippen LogP contribution in [0.15, 0.2) is 49.2 Å². The number of hydrogen-bond donors (Lipinski definition) is 1. The van der Waals surface area contributed by atoms with E-state index in [1.165, 1.54) is 6.33 Å².